The topological polar surface area (TPSA) is 83.8 Å². The van der Waals surface area contributed by atoms with E-state index in [4.69, 9.17) is 4.74 Å². The van der Waals surface area contributed by atoms with Crippen LogP contribution in [0.2, 0.25) is 0 Å². The zero-order valence-corrected chi connectivity index (χ0v) is 18.5. The molecule has 0 radical (unpaired) electrons. The molecule has 8 heteroatoms. The van der Waals surface area contributed by atoms with Crippen molar-refractivity contribution in [2.45, 2.75) is 65.5 Å². The third kappa shape index (κ3) is 9.19. The van der Waals surface area contributed by atoms with Crippen LogP contribution in [0.4, 0.5) is 4.79 Å². The molecule has 0 aliphatic carbocycles. The molecule has 1 atom stereocenters. The van der Waals surface area contributed by atoms with Gasteiger partial charge < -0.3 is 20.3 Å². The summed E-state index contributed by atoms with van der Waals surface area (Å²) < 4.78 is 7.44. The Balaban J connectivity index is 1.70. The molecule has 0 spiro atoms. The lowest BCUT2D eigenvalue weighted by atomic mass is 9.95. The van der Waals surface area contributed by atoms with Crippen LogP contribution in [0, 0.1) is 5.92 Å². The van der Waals surface area contributed by atoms with Crippen molar-refractivity contribution < 1.29 is 9.53 Å². The van der Waals surface area contributed by atoms with E-state index in [1.54, 1.807) is 6.20 Å². The third-order valence-electron chi connectivity index (χ3n) is 4.73. The highest BCUT2D eigenvalue weighted by Gasteiger charge is 2.27. The summed E-state index contributed by atoms with van der Waals surface area (Å²) in [5.41, 5.74) is -0.444. The molecule has 29 heavy (non-hydrogen) atoms. The van der Waals surface area contributed by atoms with E-state index in [0.717, 1.165) is 70.9 Å². The molecular weight excluding hydrogens is 368 g/mol. The highest BCUT2D eigenvalue weighted by Crippen LogP contribution is 2.21. The number of guanidine groups is 1. The molecule has 1 aromatic rings. The van der Waals surface area contributed by atoms with Gasteiger partial charge in [0.1, 0.15) is 5.60 Å². The van der Waals surface area contributed by atoms with Gasteiger partial charge >= 0.3 is 6.09 Å². The number of aliphatic imine (C=N–C) groups is 1. The fraction of sp³-hybridized carbons (Fsp3) is 0.762. The molecule has 2 rings (SSSR count). The second-order valence-electron chi connectivity index (χ2n) is 8.53. The van der Waals surface area contributed by atoms with Gasteiger partial charge in [-0.3, -0.25) is 9.67 Å². The Hall–Kier alpha value is -2.25. The highest BCUT2D eigenvalue weighted by atomic mass is 16.6. The van der Waals surface area contributed by atoms with Crippen LogP contribution in [-0.4, -0.2) is 65.1 Å². The zero-order valence-electron chi connectivity index (χ0n) is 18.5. The van der Waals surface area contributed by atoms with Crippen molar-refractivity contribution >= 4 is 12.1 Å². The number of aryl methyl sites for hydroxylation is 1. The normalized spacial score (nSPS) is 17.9. The number of nitrogens with one attached hydrogen (secondary N) is 2. The van der Waals surface area contributed by atoms with Gasteiger partial charge in [0.05, 0.1) is 0 Å². The molecule has 2 heterocycles. The fourth-order valence-corrected chi connectivity index (χ4v) is 3.39. The molecule has 1 aliphatic rings. The van der Waals surface area contributed by atoms with Gasteiger partial charge in [-0.25, -0.2) is 4.79 Å². The Morgan fingerprint density at radius 3 is 2.86 bits per heavy atom. The van der Waals surface area contributed by atoms with Crippen molar-refractivity contribution in [1.82, 2.24) is 25.3 Å². The van der Waals surface area contributed by atoms with Gasteiger partial charge in [0, 0.05) is 51.7 Å². The van der Waals surface area contributed by atoms with E-state index in [1.807, 2.05) is 42.6 Å². The standard InChI is InChI=1S/C21H38N6O2/c1-5-22-19(23-11-7-15-27-16-8-12-25-27)24-13-10-18-9-6-14-26(17-18)20(28)29-21(2,3)4/h8,12,16,18H,5-7,9-11,13-15,17H2,1-4H3,(H2,22,23,24). The first-order valence-electron chi connectivity index (χ1n) is 10.8. The summed E-state index contributed by atoms with van der Waals surface area (Å²) in [6.07, 6.45) is 7.72. The van der Waals surface area contributed by atoms with Gasteiger partial charge in [0.2, 0.25) is 0 Å². The van der Waals surface area contributed by atoms with Crippen molar-refractivity contribution in [3.63, 3.8) is 0 Å². The summed E-state index contributed by atoms with van der Waals surface area (Å²) in [4.78, 5) is 18.8. The van der Waals surface area contributed by atoms with Crippen molar-refractivity contribution in [2.75, 3.05) is 32.7 Å². The highest BCUT2D eigenvalue weighted by molar-refractivity contribution is 5.79. The number of hydrogen-bond acceptors (Lipinski definition) is 4. The summed E-state index contributed by atoms with van der Waals surface area (Å²) in [6.45, 7) is 12.7. The van der Waals surface area contributed by atoms with Crippen LogP contribution < -0.4 is 10.6 Å². The number of piperidine rings is 1. The monoisotopic (exact) mass is 406 g/mol. The van der Waals surface area contributed by atoms with Gasteiger partial charge in [0.15, 0.2) is 5.96 Å². The minimum Gasteiger partial charge on any atom is -0.444 e. The van der Waals surface area contributed by atoms with Crippen LogP contribution in [0.25, 0.3) is 0 Å². The largest absolute Gasteiger partial charge is 0.444 e. The number of amides is 1. The summed E-state index contributed by atoms with van der Waals surface area (Å²) in [5, 5.41) is 10.9. The second kappa shape index (κ2) is 11.7. The minimum absolute atomic E-state index is 0.192. The molecule has 8 nitrogen and oxygen atoms in total. The number of rotatable bonds is 8. The van der Waals surface area contributed by atoms with Gasteiger partial charge in [-0.15, -0.1) is 0 Å². The average molecular weight is 407 g/mol. The molecule has 1 unspecified atom stereocenters. The van der Waals surface area contributed by atoms with Gasteiger partial charge in [-0.2, -0.15) is 5.10 Å². The maximum Gasteiger partial charge on any atom is 0.410 e. The van der Waals surface area contributed by atoms with Crippen molar-refractivity contribution in [3.05, 3.63) is 18.5 Å². The molecule has 164 valence electrons. The van der Waals surface area contributed by atoms with Crippen molar-refractivity contribution in [3.8, 4) is 0 Å². The summed E-state index contributed by atoms with van der Waals surface area (Å²) >= 11 is 0. The molecule has 2 N–H and O–H groups in total. The maximum atomic E-state index is 12.3. The number of carbonyl (C=O) groups is 1. The van der Waals surface area contributed by atoms with Crippen LogP contribution in [0.5, 0.6) is 0 Å². The van der Waals surface area contributed by atoms with Gasteiger partial charge in [-0.1, -0.05) is 0 Å². The number of hydrogen-bond donors (Lipinski definition) is 2. The average Bonchev–Trinajstić information content (AvgIpc) is 3.17. The molecule has 1 aliphatic heterocycles. The van der Waals surface area contributed by atoms with E-state index in [2.05, 4.69) is 27.6 Å². The summed E-state index contributed by atoms with van der Waals surface area (Å²) in [5.74, 6) is 1.35. The van der Waals surface area contributed by atoms with Crippen LogP contribution in [0.15, 0.2) is 23.5 Å². The summed E-state index contributed by atoms with van der Waals surface area (Å²) in [7, 11) is 0. The lowest BCUT2D eigenvalue weighted by Gasteiger charge is -2.34. The van der Waals surface area contributed by atoms with Crippen LogP contribution in [0.1, 0.15) is 53.4 Å². The number of ether oxygens (including phenoxy) is 1. The second-order valence-corrected chi connectivity index (χ2v) is 8.53. The van der Waals surface area contributed by atoms with Crippen LogP contribution in [-0.2, 0) is 11.3 Å². The Morgan fingerprint density at radius 2 is 2.17 bits per heavy atom. The molecule has 0 saturated carbocycles. The Morgan fingerprint density at radius 1 is 1.34 bits per heavy atom. The van der Waals surface area contributed by atoms with E-state index in [-0.39, 0.29) is 6.09 Å². The molecule has 0 aromatic carbocycles. The smallest absolute Gasteiger partial charge is 0.410 e. The summed E-state index contributed by atoms with van der Waals surface area (Å²) in [6, 6.07) is 1.93. The Bertz CT molecular complexity index is 624. The van der Waals surface area contributed by atoms with E-state index in [0.29, 0.717) is 5.92 Å². The lowest BCUT2D eigenvalue weighted by molar-refractivity contribution is 0.0162. The Labute approximate surface area is 175 Å². The van der Waals surface area contributed by atoms with E-state index < -0.39 is 5.60 Å². The SMILES string of the molecule is CCNC(=NCCCn1cccn1)NCCC1CCCN(C(=O)OC(C)(C)C)C1. The molecule has 1 saturated heterocycles. The number of aromatic nitrogens is 2. The lowest BCUT2D eigenvalue weighted by Crippen LogP contribution is -2.44. The molecule has 1 aromatic heterocycles. The first kappa shape index (κ1) is 23.0. The van der Waals surface area contributed by atoms with E-state index in [1.165, 1.54) is 0 Å². The quantitative estimate of drug-likeness (QED) is 0.394. The first-order chi connectivity index (χ1) is 13.9. The minimum atomic E-state index is -0.444. The fourth-order valence-electron chi connectivity index (χ4n) is 3.39. The van der Waals surface area contributed by atoms with Crippen molar-refractivity contribution in [2.24, 2.45) is 10.9 Å². The number of nitrogens with zero attached hydrogens (tertiary/aromatic N) is 4. The van der Waals surface area contributed by atoms with E-state index in [9.17, 15) is 4.79 Å². The number of carbonyl (C=O) groups excluding carboxylic acids is 1. The maximum absolute atomic E-state index is 12.3. The Kier molecular flexibility index (Phi) is 9.28. The van der Waals surface area contributed by atoms with Crippen LogP contribution >= 0.6 is 0 Å². The van der Waals surface area contributed by atoms with Gasteiger partial charge in [-0.05, 0) is 65.4 Å². The van der Waals surface area contributed by atoms with Crippen LogP contribution in [0.3, 0.4) is 0 Å². The zero-order chi connectivity index (χ0) is 21.1. The first-order valence-corrected chi connectivity index (χ1v) is 10.8. The molecule has 1 fully saturated rings. The van der Waals surface area contributed by atoms with E-state index >= 15 is 0 Å². The van der Waals surface area contributed by atoms with Gasteiger partial charge in [0.25, 0.3) is 0 Å². The predicted octanol–water partition coefficient (Wildman–Crippen LogP) is 2.87. The molecule has 1 amide bonds. The predicted molar refractivity (Wildman–Crippen MR) is 116 cm³/mol. The molecular formula is C21H38N6O2. The third-order valence-corrected chi connectivity index (χ3v) is 4.73. The van der Waals surface area contributed by atoms with Crippen molar-refractivity contribution in [1.29, 1.82) is 0 Å². The number of likely N-dealkylation sites (tertiary alicyclic amines) is 1. The molecule has 0 bridgehead atoms.